The smallest absolute Gasteiger partial charge is 0.326 e. The summed E-state index contributed by atoms with van der Waals surface area (Å²) in [7, 11) is 0. The van der Waals surface area contributed by atoms with Gasteiger partial charge in [-0.1, -0.05) is 12.1 Å². The highest BCUT2D eigenvalue weighted by molar-refractivity contribution is 5.93. The van der Waals surface area contributed by atoms with Crippen LogP contribution >= 0.6 is 0 Å². The maximum Gasteiger partial charge on any atom is 0.326 e. The van der Waals surface area contributed by atoms with Gasteiger partial charge in [-0.05, 0) is 69.7 Å². The fourth-order valence-electron chi connectivity index (χ4n) is 3.46. The predicted octanol–water partition coefficient (Wildman–Crippen LogP) is -2.00. The van der Waals surface area contributed by atoms with Crippen LogP contribution < -0.4 is 38.9 Å². The fraction of sp³-hybridized carbons (Fsp3) is 0.542. The van der Waals surface area contributed by atoms with Crippen molar-refractivity contribution in [3.8, 4) is 5.75 Å². The van der Waals surface area contributed by atoms with Crippen molar-refractivity contribution in [3.63, 3.8) is 0 Å². The fourth-order valence-corrected chi connectivity index (χ4v) is 3.46. The highest BCUT2D eigenvalue weighted by atomic mass is 16.4. The number of hydrogen-bond donors (Lipinski definition) is 9. The number of carboxylic acid groups (broad SMARTS) is 1. The Labute approximate surface area is 221 Å². The second-order valence-corrected chi connectivity index (χ2v) is 8.90. The predicted molar refractivity (Wildman–Crippen MR) is 142 cm³/mol. The van der Waals surface area contributed by atoms with E-state index in [0.717, 1.165) is 5.56 Å². The Morgan fingerprint density at radius 2 is 1.50 bits per heavy atom. The van der Waals surface area contributed by atoms with Gasteiger partial charge >= 0.3 is 5.97 Å². The Morgan fingerprint density at radius 3 is 2.08 bits per heavy atom. The van der Waals surface area contributed by atoms with Crippen molar-refractivity contribution < 1.29 is 29.4 Å². The highest BCUT2D eigenvalue weighted by Gasteiger charge is 2.28. The molecule has 0 aliphatic heterocycles. The van der Waals surface area contributed by atoms with E-state index >= 15 is 0 Å². The van der Waals surface area contributed by atoms with Crippen molar-refractivity contribution in [2.75, 3.05) is 13.1 Å². The second kappa shape index (κ2) is 16.8. The first-order valence-corrected chi connectivity index (χ1v) is 12.4. The van der Waals surface area contributed by atoms with Crippen molar-refractivity contribution in [3.05, 3.63) is 29.8 Å². The molecule has 0 radical (unpaired) electrons. The molecule has 38 heavy (non-hydrogen) atoms. The largest absolute Gasteiger partial charge is 0.508 e. The van der Waals surface area contributed by atoms with Crippen molar-refractivity contribution >= 4 is 29.7 Å². The topological polar surface area (TPSA) is 261 Å². The van der Waals surface area contributed by atoms with Crippen LogP contribution in [0.15, 0.2) is 29.3 Å². The molecule has 1 aromatic carbocycles. The number of guanidine groups is 1. The molecule has 0 saturated heterocycles. The first-order valence-electron chi connectivity index (χ1n) is 12.4. The third-order valence-corrected chi connectivity index (χ3v) is 5.62. The number of aliphatic carboxylic acids is 1. The average molecular weight is 537 g/mol. The van der Waals surface area contributed by atoms with Crippen LogP contribution in [0, 0.1) is 0 Å². The Balaban J connectivity index is 2.75. The number of nitrogens with one attached hydrogen (secondary N) is 3. The molecular weight excluding hydrogens is 496 g/mol. The molecule has 4 atom stereocenters. The third kappa shape index (κ3) is 12.4. The minimum absolute atomic E-state index is 0.0761. The highest BCUT2D eigenvalue weighted by Crippen LogP contribution is 2.11. The summed E-state index contributed by atoms with van der Waals surface area (Å²) >= 11 is 0. The number of hydrogen-bond acceptors (Lipinski definition) is 8. The average Bonchev–Trinajstić information content (AvgIpc) is 2.85. The van der Waals surface area contributed by atoms with Crippen LogP contribution in [-0.4, -0.2) is 77.1 Å². The van der Waals surface area contributed by atoms with Crippen molar-refractivity contribution in [1.29, 1.82) is 0 Å². The lowest BCUT2D eigenvalue weighted by Crippen LogP contribution is -2.56. The van der Waals surface area contributed by atoms with E-state index in [4.69, 9.17) is 22.9 Å². The Morgan fingerprint density at radius 1 is 0.895 bits per heavy atom. The number of carbonyl (C=O) groups is 4. The number of aromatic hydroxyl groups is 1. The SMILES string of the molecule is CC(NC(=O)C(N)Cc1ccc(O)cc1)C(=O)NC(CCCCN)C(=O)NC(CCCN=C(N)N)C(=O)O. The van der Waals surface area contributed by atoms with E-state index in [0.29, 0.717) is 25.8 Å². The standard InChI is InChI=1S/C24H40N8O6/c1-14(30-21(35)17(26)13-15-7-9-16(33)10-8-15)20(34)31-18(5-2-3-11-25)22(36)32-19(23(37)38)6-4-12-29-24(27)28/h7-10,14,17-19,33H,2-6,11-13,25-26H2,1H3,(H,30,35)(H,31,34)(H,32,36)(H,37,38)(H4,27,28,29). The normalized spacial score (nSPS) is 13.9. The molecule has 0 fully saturated rings. The maximum absolute atomic E-state index is 12.9. The van der Waals surface area contributed by atoms with Gasteiger partial charge in [-0.2, -0.15) is 0 Å². The zero-order chi connectivity index (χ0) is 28.7. The number of unbranched alkanes of at least 4 members (excludes halogenated alkanes) is 1. The molecule has 0 bridgehead atoms. The molecule has 13 N–H and O–H groups in total. The van der Waals surface area contributed by atoms with E-state index < -0.39 is 47.9 Å². The number of phenols is 1. The Hall–Kier alpha value is -3.91. The first-order chi connectivity index (χ1) is 17.9. The van der Waals surface area contributed by atoms with Crippen LogP contribution in [0.25, 0.3) is 0 Å². The number of carbonyl (C=O) groups excluding carboxylic acids is 3. The molecule has 14 nitrogen and oxygen atoms in total. The van der Waals surface area contributed by atoms with E-state index in [9.17, 15) is 29.4 Å². The summed E-state index contributed by atoms with van der Waals surface area (Å²) in [6.45, 7) is 2.03. The van der Waals surface area contributed by atoms with E-state index in [1.54, 1.807) is 12.1 Å². The summed E-state index contributed by atoms with van der Waals surface area (Å²) < 4.78 is 0. The minimum Gasteiger partial charge on any atom is -0.508 e. The number of rotatable bonds is 17. The molecule has 0 heterocycles. The summed E-state index contributed by atoms with van der Waals surface area (Å²) in [4.78, 5) is 53.6. The first kappa shape index (κ1) is 32.1. The lowest BCUT2D eigenvalue weighted by Gasteiger charge is -2.24. The van der Waals surface area contributed by atoms with E-state index in [1.165, 1.54) is 19.1 Å². The number of amides is 3. The molecule has 14 heteroatoms. The van der Waals surface area contributed by atoms with Gasteiger partial charge in [0.1, 0.15) is 23.9 Å². The summed E-state index contributed by atoms with van der Waals surface area (Å²) in [5, 5.41) is 26.4. The molecule has 212 valence electrons. The van der Waals surface area contributed by atoms with Gasteiger partial charge in [0.25, 0.3) is 0 Å². The van der Waals surface area contributed by atoms with Gasteiger partial charge < -0.3 is 49.1 Å². The molecule has 1 aromatic rings. The Kier molecular flexibility index (Phi) is 14.2. The van der Waals surface area contributed by atoms with Crippen LogP contribution in [0.4, 0.5) is 0 Å². The van der Waals surface area contributed by atoms with Gasteiger partial charge in [-0.25, -0.2) is 4.79 Å². The Bertz CT molecular complexity index is 952. The van der Waals surface area contributed by atoms with Crippen molar-refractivity contribution in [1.82, 2.24) is 16.0 Å². The van der Waals surface area contributed by atoms with E-state index in [-0.39, 0.29) is 37.5 Å². The van der Waals surface area contributed by atoms with Gasteiger partial charge in [0, 0.05) is 6.54 Å². The summed E-state index contributed by atoms with van der Waals surface area (Å²) in [5.41, 5.74) is 22.7. The second-order valence-electron chi connectivity index (χ2n) is 8.90. The number of carboxylic acids is 1. The van der Waals surface area contributed by atoms with Crippen LogP contribution in [-0.2, 0) is 25.6 Å². The maximum atomic E-state index is 12.9. The van der Waals surface area contributed by atoms with Crippen LogP contribution in [0.3, 0.4) is 0 Å². The summed E-state index contributed by atoms with van der Waals surface area (Å²) in [6, 6.07) is 2.00. The number of aliphatic imine (C=N–C) groups is 1. The van der Waals surface area contributed by atoms with Crippen LogP contribution in [0.2, 0.25) is 0 Å². The van der Waals surface area contributed by atoms with Gasteiger partial charge in [-0.3, -0.25) is 19.4 Å². The molecule has 0 aliphatic carbocycles. The van der Waals surface area contributed by atoms with Gasteiger partial charge in [0.05, 0.1) is 6.04 Å². The lowest BCUT2D eigenvalue weighted by atomic mass is 10.0. The zero-order valence-electron chi connectivity index (χ0n) is 21.6. The molecule has 4 unspecified atom stereocenters. The van der Waals surface area contributed by atoms with Crippen molar-refractivity contribution in [2.24, 2.45) is 27.9 Å². The number of phenolic OH excluding ortho intramolecular Hbond substituents is 1. The minimum atomic E-state index is -1.24. The van der Waals surface area contributed by atoms with Gasteiger partial charge in [0.2, 0.25) is 17.7 Å². The zero-order valence-corrected chi connectivity index (χ0v) is 21.6. The number of nitrogens with zero attached hydrogens (tertiary/aromatic N) is 1. The molecule has 0 saturated carbocycles. The van der Waals surface area contributed by atoms with E-state index in [2.05, 4.69) is 20.9 Å². The van der Waals surface area contributed by atoms with E-state index in [1.807, 2.05) is 0 Å². The number of nitrogens with two attached hydrogens (primary N) is 4. The van der Waals surface area contributed by atoms with Crippen LogP contribution in [0.1, 0.15) is 44.6 Å². The number of benzene rings is 1. The van der Waals surface area contributed by atoms with Gasteiger partial charge in [0.15, 0.2) is 5.96 Å². The third-order valence-electron chi connectivity index (χ3n) is 5.62. The lowest BCUT2D eigenvalue weighted by molar-refractivity contribution is -0.142. The molecule has 0 spiro atoms. The quantitative estimate of drug-likeness (QED) is 0.0600. The van der Waals surface area contributed by atoms with Crippen LogP contribution in [0.5, 0.6) is 5.75 Å². The molecule has 1 rings (SSSR count). The molecular formula is C24H40N8O6. The summed E-state index contributed by atoms with van der Waals surface area (Å²) in [5.74, 6) is -3.15. The monoisotopic (exact) mass is 536 g/mol. The molecule has 3 amide bonds. The van der Waals surface area contributed by atoms with Gasteiger partial charge in [-0.15, -0.1) is 0 Å². The van der Waals surface area contributed by atoms with Crippen molar-refractivity contribution in [2.45, 2.75) is 69.6 Å². The molecule has 0 aromatic heterocycles. The molecule has 0 aliphatic rings. The summed E-state index contributed by atoms with van der Waals surface area (Å²) in [6.07, 6.45) is 1.90.